The van der Waals surface area contributed by atoms with Crippen molar-refractivity contribution < 1.29 is 13.9 Å². The summed E-state index contributed by atoms with van der Waals surface area (Å²) in [4.78, 5) is 0. The Hall–Kier alpha value is -2.23. The van der Waals surface area contributed by atoms with Crippen LogP contribution in [0, 0.1) is 5.82 Å². The molecule has 0 amide bonds. The Balaban J connectivity index is 2.08. The molecule has 1 N–H and O–H groups in total. The maximum atomic E-state index is 13.7. The molecular weight excluding hydrogens is 269 g/mol. The second-order valence-corrected chi connectivity index (χ2v) is 4.99. The van der Waals surface area contributed by atoms with Gasteiger partial charge in [0.25, 0.3) is 0 Å². The zero-order valence-corrected chi connectivity index (χ0v) is 12.5. The highest BCUT2D eigenvalue weighted by Gasteiger charge is 2.06. The number of hydrogen-bond acceptors (Lipinski definition) is 3. The van der Waals surface area contributed by atoms with Gasteiger partial charge in [-0.15, -0.1) is 0 Å². The molecule has 0 aliphatic rings. The summed E-state index contributed by atoms with van der Waals surface area (Å²) in [5.74, 6) is 0.687. The van der Waals surface area contributed by atoms with Crippen molar-refractivity contribution in [2.75, 3.05) is 12.4 Å². The summed E-state index contributed by atoms with van der Waals surface area (Å²) < 4.78 is 24.3. The SMILES string of the molecule is COc1ccc(CNc2ccccc2OC(C)C)cc1F. The van der Waals surface area contributed by atoms with Crippen LogP contribution >= 0.6 is 0 Å². The normalized spacial score (nSPS) is 10.5. The smallest absolute Gasteiger partial charge is 0.165 e. The van der Waals surface area contributed by atoms with Gasteiger partial charge in [0, 0.05) is 6.54 Å². The highest BCUT2D eigenvalue weighted by molar-refractivity contribution is 5.56. The van der Waals surface area contributed by atoms with Crippen LogP contribution in [0.4, 0.5) is 10.1 Å². The molecule has 0 saturated carbocycles. The first kappa shape index (κ1) is 15.2. The number of nitrogens with one attached hydrogen (secondary N) is 1. The van der Waals surface area contributed by atoms with Gasteiger partial charge < -0.3 is 14.8 Å². The Morgan fingerprint density at radius 2 is 1.86 bits per heavy atom. The molecule has 21 heavy (non-hydrogen) atoms. The average molecular weight is 289 g/mol. The molecule has 4 heteroatoms. The quantitative estimate of drug-likeness (QED) is 0.863. The second kappa shape index (κ2) is 6.97. The van der Waals surface area contributed by atoms with Gasteiger partial charge in [-0.25, -0.2) is 4.39 Å². The van der Waals surface area contributed by atoms with E-state index in [1.165, 1.54) is 13.2 Å². The maximum Gasteiger partial charge on any atom is 0.165 e. The van der Waals surface area contributed by atoms with E-state index in [9.17, 15) is 4.39 Å². The van der Waals surface area contributed by atoms with E-state index in [1.54, 1.807) is 6.07 Å². The average Bonchev–Trinajstić information content (AvgIpc) is 2.46. The third kappa shape index (κ3) is 4.12. The van der Waals surface area contributed by atoms with Crippen LogP contribution in [-0.4, -0.2) is 13.2 Å². The van der Waals surface area contributed by atoms with Crippen LogP contribution in [0.25, 0.3) is 0 Å². The van der Waals surface area contributed by atoms with Gasteiger partial charge >= 0.3 is 0 Å². The van der Waals surface area contributed by atoms with E-state index in [2.05, 4.69) is 5.32 Å². The van der Waals surface area contributed by atoms with Gasteiger partial charge in [0.2, 0.25) is 0 Å². The van der Waals surface area contributed by atoms with E-state index in [1.807, 2.05) is 44.2 Å². The molecule has 0 atom stereocenters. The van der Waals surface area contributed by atoms with Crippen LogP contribution in [0.5, 0.6) is 11.5 Å². The van der Waals surface area contributed by atoms with Crippen LogP contribution in [0.15, 0.2) is 42.5 Å². The fraction of sp³-hybridized carbons (Fsp3) is 0.294. The van der Waals surface area contributed by atoms with Gasteiger partial charge in [-0.1, -0.05) is 18.2 Å². The van der Waals surface area contributed by atoms with E-state index in [-0.39, 0.29) is 17.7 Å². The third-order valence-electron chi connectivity index (χ3n) is 2.95. The second-order valence-electron chi connectivity index (χ2n) is 4.99. The molecule has 2 aromatic rings. The topological polar surface area (TPSA) is 30.5 Å². The molecule has 0 saturated heterocycles. The predicted molar refractivity (Wildman–Crippen MR) is 82.5 cm³/mol. The number of rotatable bonds is 6. The fourth-order valence-corrected chi connectivity index (χ4v) is 1.99. The molecule has 0 aliphatic carbocycles. The highest BCUT2D eigenvalue weighted by atomic mass is 19.1. The minimum Gasteiger partial charge on any atom is -0.494 e. The van der Waals surface area contributed by atoms with E-state index >= 15 is 0 Å². The van der Waals surface area contributed by atoms with Gasteiger partial charge in [-0.05, 0) is 43.7 Å². The first-order valence-corrected chi connectivity index (χ1v) is 6.92. The maximum absolute atomic E-state index is 13.7. The Labute approximate surface area is 124 Å². The van der Waals surface area contributed by atoms with Crippen molar-refractivity contribution in [3.05, 3.63) is 53.8 Å². The molecule has 0 fully saturated rings. The minimum absolute atomic E-state index is 0.103. The lowest BCUT2D eigenvalue weighted by Gasteiger charge is -2.15. The lowest BCUT2D eigenvalue weighted by atomic mass is 10.2. The summed E-state index contributed by atoms with van der Waals surface area (Å²) in [5, 5.41) is 3.27. The van der Waals surface area contributed by atoms with Gasteiger partial charge in [-0.2, -0.15) is 0 Å². The summed E-state index contributed by atoms with van der Waals surface area (Å²) >= 11 is 0. The number of anilines is 1. The lowest BCUT2D eigenvalue weighted by Crippen LogP contribution is -2.08. The number of halogens is 1. The van der Waals surface area contributed by atoms with Crippen LogP contribution in [0.3, 0.4) is 0 Å². The molecule has 0 heterocycles. The van der Waals surface area contributed by atoms with Crippen molar-refractivity contribution in [3.8, 4) is 11.5 Å². The van der Waals surface area contributed by atoms with E-state index in [4.69, 9.17) is 9.47 Å². The fourth-order valence-electron chi connectivity index (χ4n) is 1.99. The predicted octanol–water partition coefficient (Wildman–Crippen LogP) is 4.23. The highest BCUT2D eigenvalue weighted by Crippen LogP contribution is 2.26. The summed E-state index contributed by atoms with van der Waals surface area (Å²) in [7, 11) is 1.45. The Morgan fingerprint density at radius 3 is 2.52 bits per heavy atom. The van der Waals surface area contributed by atoms with E-state index in [0.717, 1.165) is 17.0 Å². The number of ether oxygens (including phenoxy) is 2. The number of hydrogen-bond donors (Lipinski definition) is 1. The minimum atomic E-state index is -0.358. The standard InChI is InChI=1S/C17H20FNO2/c1-12(2)21-17-7-5-4-6-15(17)19-11-13-8-9-16(20-3)14(18)10-13/h4-10,12,19H,11H2,1-3H3. The Bertz CT molecular complexity index is 599. The Morgan fingerprint density at radius 1 is 1.10 bits per heavy atom. The van der Waals surface area contributed by atoms with Gasteiger partial charge in [0.05, 0.1) is 18.9 Å². The van der Waals surface area contributed by atoms with Crippen LogP contribution in [0.2, 0.25) is 0 Å². The number of benzene rings is 2. The molecule has 0 aliphatic heterocycles. The van der Waals surface area contributed by atoms with Gasteiger partial charge in [-0.3, -0.25) is 0 Å². The monoisotopic (exact) mass is 289 g/mol. The Kier molecular flexibility index (Phi) is 5.04. The molecule has 112 valence electrons. The van der Waals surface area contributed by atoms with Gasteiger partial charge in [0.1, 0.15) is 5.75 Å². The largest absolute Gasteiger partial charge is 0.494 e. The number of methoxy groups -OCH3 is 1. The van der Waals surface area contributed by atoms with Crippen LogP contribution in [-0.2, 0) is 6.54 Å². The third-order valence-corrected chi connectivity index (χ3v) is 2.95. The molecule has 0 radical (unpaired) electrons. The zero-order valence-electron chi connectivity index (χ0n) is 12.5. The summed E-state index contributed by atoms with van der Waals surface area (Å²) in [6.45, 7) is 4.48. The molecular formula is C17H20FNO2. The van der Waals surface area contributed by atoms with Crippen molar-refractivity contribution in [3.63, 3.8) is 0 Å². The first-order valence-electron chi connectivity index (χ1n) is 6.92. The van der Waals surface area contributed by atoms with Crippen LogP contribution in [0.1, 0.15) is 19.4 Å². The van der Waals surface area contributed by atoms with E-state index < -0.39 is 0 Å². The van der Waals surface area contributed by atoms with Crippen molar-refractivity contribution >= 4 is 5.69 Å². The molecule has 0 unspecified atom stereocenters. The van der Waals surface area contributed by atoms with Crippen molar-refractivity contribution in [2.45, 2.75) is 26.5 Å². The van der Waals surface area contributed by atoms with Crippen molar-refractivity contribution in [1.29, 1.82) is 0 Å². The molecule has 0 bridgehead atoms. The zero-order chi connectivity index (χ0) is 15.2. The van der Waals surface area contributed by atoms with Crippen molar-refractivity contribution in [2.24, 2.45) is 0 Å². The molecule has 2 rings (SSSR count). The summed E-state index contributed by atoms with van der Waals surface area (Å²) in [5.41, 5.74) is 1.73. The summed E-state index contributed by atoms with van der Waals surface area (Å²) in [6, 6.07) is 12.6. The lowest BCUT2D eigenvalue weighted by molar-refractivity contribution is 0.243. The van der Waals surface area contributed by atoms with Crippen molar-refractivity contribution in [1.82, 2.24) is 0 Å². The van der Waals surface area contributed by atoms with E-state index in [0.29, 0.717) is 6.54 Å². The molecule has 0 spiro atoms. The van der Waals surface area contributed by atoms with Gasteiger partial charge in [0.15, 0.2) is 11.6 Å². The summed E-state index contributed by atoms with van der Waals surface area (Å²) in [6.07, 6.45) is 0.103. The molecule has 0 aromatic heterocycles. The number of para-hydroxylation sites is 2. The first-order chi connectivity index (χ1) is 10.1. The molecule has 3 nitrogen and oxygen atoms in total. The molecule has 2 aromatic carbocycles. The van der Waals surface area contributed by atoms with Crippen LogP contribution < -0.4 is 14.8 Å².